The zero-order valence-electron chi connectivity index (χ0n) is 20.1. The van der Waals surface area contributed by atoms with Crippen molar-refractivity contribution in [3.8, 4) is 0 Å². The smallest absolute Gasteiger partial charge is 0.411 e. The molecule has 0 saturated heterocycles. The highest BCUT2D eigenvalue weighted by Gasteiger charge is 2.14. The molecule has 0 aliphatic rings. The Kier molecular flexibility index (Phi) is 11.7. The second-order valence-corrected chi connectivity index (χ2v) is 7.07. The van der Waals surface area contributed by atoms with Gasteiger partial charge in [0.2, 0.25) is 5.91 Å². The van der Waals surface area contributed by atoms with Crippen LogP contribution in [0, 0.1) is 0 Å². The summed E-state index contributed by atoms with van der Waals surface area (Å²) in [6.07, 6.45) is -0.676. The van der Waals surface area contributed by atoms with Gasteiger partial charge >= 0.3 is 30.0 Å². The van der Waals surface area contributed by atoms with Gasteiger partial charge in [0.05, 0.1) is 18.2 Å². The van der Waals surface area contributed by atoms with Gasteiger partial charge in [-0.05, 0) is 48.5 Å². The summed E-state index contributed by atoms with van der Waals surface area (Å²) in [4.78, 5) is 69.6. The fourth-order valence-corrected chi connectivity index (χ4v) is 2.56. The monoisotopic (exact) mass is 532 g/mol. The first kappa shape index (κ1) is 29.3. The van der Waals surface area contributed by atoms with Crippen molar-refractivity contribution in [2.45, 2.75) is 0 Å². The van der Waals surface area contributed by atoms with E-state index in [9.17, 15) is 28.8 Å². The Balaban J connectivity index is 1.60. The first-order valence-corrected chi connectivity index (χ1v) is 10.8. The lowest BCUT2D eigenvalue weighted by atomic mass is 10.2. The van der Waals surface area contributed by atoms with Crippen LogP contribution in [0.25, 0.3) is 0 Å². The van der Waals surface area contributed by atoms with Crippen LogP contribution in [0.15, 0.2) is 48.5 Å². The van der Waals surface area contributed by atoms with Crippen LogP contribution in [0.3, 0.4) is 0 Å². The van der Waals surface area contributed by atoms with Crippen LogP contribution >= 0.6 is 0 Å². The summed E-state index contributed by atoms with van der Waals surface area (Å²) < 4.78 is 23.7. The van der Waals surface area contributed by atoms with Gasteiger partial charge in [-0.3, -0.25) is 10.1 Å². The Hall–Kier alpha value is -4.98. The van der Waals surface area contributed by atoms with E-state index in [4.69, 9.17) is 24.1 Å². The molecule has 2 aromatic rings. The summed E-state index contributed by atoms with van der Waals surface area (Å²) in [5.74, 6) is -4.01. The molecule has 2 aromatic carbocycles. The van der Waals surface area contributed by atoms with Crippen molar-refractivity contribution < 1.29 is 57.6 Å². The fourth-order valence-electron chi connectivity index (χ4n) is 2.56. The van der Waals surface area contributed by atoms with E-state index < -0.39 is 55.7 Å². The molecule has 0 atom stereocenters. The highest BCUT2D eigenvalue weighted by Crippen LogP contribution is 2.12. The molecule has 0 heterocycles. The number of carbonyl (C=O) groups excluding carboxylic acids is 6. The molecule has 0 bridgehead atoms. The molecular formula is C24H24N2O12. The maximum Gasteiger partial charge on any atom is 0.411 e. The van der Waals surface area contributed by atoms with Crippen molar-refractivity contribution in [2.24, 2.45) is 0 Å². The van der Waals surface area contributed by atoms with Crippen LogP contribution in [-0.2, 0) is 38.1 Å². The summed E-state index contributed by atoms with van der Waals surface area (Å²) in [6, 6.07) is 11.2. The van der Waals surface area contributed by atoms with Crippen LogP contribution < -0.4 is 10.6 Å². The third-order valence-electron chi connectivity index (χ3n) is 4.35. The molecular weight excluding hydrogens is 508 g/mol. The quantitative estimate of drug-likeness (QED) is 0.199. The third kappa shape index (κ3) is 10.3. The molecule has 3 N–H and O–H groups in total. The summed E-state index contributed by atoms with van der Waals surface area (Å²) in [5.41, 5.74) is 0.976. The fraction of sp³-hybridized carbons (Fsp3) is 0.250. The summed E-state index contributed by atoms with van der Waals surface area (Å²) in [5, 5.41) is 13.5. The lowest BCUT2D eigenvalue weighted by Crippen LogP contribution is -2.21. The van der Waals surface area contributed by atoms with Crippen LogP contribution in [-0.4, -0.2) is 81.1 Å². The van der Waals surface area contributed by atoms with E-state index in [0.29, 0.717) is 11.4 Å². The summed E-state index contributed by atoms with van der Waals surface area (Å²) >= 11 is 0. The molecule has 2 amide bonds. The lowest BCUT2D eigenvalue weighted by Gasteiger charge is -2.08. The highest BCUT2D eigenvalue weighted by molar-refractivity contribution is 5.94. The second kappa shape index (κ2) is 15.2. The minimum atomic E-state index is -0.891. The maximum atomic E-state index is 12.0. The number of methoxy groups -OCH3 is 1. The lowest BCUT2D eigenvalue weighted by molar-refractivity contribution is -0.155. The van der Waals surface area contributed by atoms with Crippen molar-refractivity contribution in [3.63, 3.8) is 0 Å². The molecule has 0 aliphatic carbocycles. The standard InChI is InChI=1S/C24H24N2O12/c1-34-24(33)26-18-8-4-16(5-9-18)23(32)38-14-21(30)36-11-10-35-20(29)13-37-22(31)15-2-6-17(7-3-15)25-19(28)12-27/h2-9,27H,10-14H2,1H3,(H,25,28)(H,26,33). The molecule has 0 aromatic heterocycles. The number of benzene rings is 2. The van der Waals surface area contributed by atoms with Crippen LogP contribution in [0.2, 0.25) is 0 Å². The van der Waals surface area contributed by atoms with Crippen molar-refractivity contribution >= 4 is 47.3 Å². The van der Waals surface area contributed by atoms with Gasteiger partial charge in [0.15, 0.2) is 13.2 Å². The topological polar surface area (TPSA) is 193 Å². The van der Waals surface area contributed by atoms with Gasteiger partial charge in [-0.15, -0.1) is 0 Å². The van der Waals surface area contributed by atoms with Gasteiger partial charge in [0.1, 0.15) is 19.8 Å². The van der Waals surface area contributed by atoms with E-state index in [1.807, 2.05) is 0 Å². The molecule has 14 nitrogen and oxygen atoms in total. The van der Waals surface area contributed by atoms with Gasteiger partial charge in [0.25, 0.3) is 0 Å². The van der Waals surface area contributed by atoms with Crippen molar-refractivity contribution in [2.75, 3.05) is 50.8 Å². The molecule has 38 heavy (non-hydrogen) atoms. The SMILES string of the molecule is COC(=O)Nc1ccc(C(=O)OCC(=O)OCCOC(=O)COC(=O)c2ccc(NC(=O)CO)cc2)cc1. The van der Waals surface area contributed by atoms with Crippen molar-refractivity contribution in [1.29, 1.82) is 0 Å². The number of hydrogen-bond donors (Lipinski definition) is 3. The Morgan fingerprint density at radius 3 is 1.47 bits per heavy atom. The van der Waals surface area contributed by atoms with E-state index in [2.05, 4.69) is 15.4 Å². The largest absolute Gasteiger partial charge is 0.460 e. The molecule has 0 aliphatic heterocycles. The highest BCUT2D eigenvalue weighted by atomic mass is 16.6. The molecule has 0 unspecified atom stereocenters. The van der Waals surface area contributed by atoms with Crippen molar-refractivity contribution in [3.05, 3.63) is 59.7 Å². The van der Waals surface area contributed by atoms with E-state index in [1.54, 1.807) is 0 Å². The number of aliphatic hydroxyl groups excluding tert-OH is 1. The Morgan fingerprint density at radius 1 is 0.658 bits per heavy atom. The van der Waals surface area contributed by atoms with E-state index in [-0.39, 0.29) is 24.3 Å². The Labute approximate surface area is 215 Å². The molecule has 202 valence electrons. The minimum Gasteiger partial charge on any atom is -0.460 e. The second-order valence-electron chi connectivity index (χ2n) is 7.07. The average Bonchev–Trinajstić information content (AvgIpc) is 2.93. The molecule has 0 spiro atoms. The van der Waals surface area contributed by atoms with Crippen LogP contribution in [0.4, 0.5) is 16.2 Å². The molecule has 14 heteroatoms. The predicted molar refractivity (Wildman–Crippen MR) is 127 cm³/mol. The number of carbonyl (C=O) groups is 6. The number of amides is 2. The van der Waals surface area contributed by atoms with Crippen LogP contribution in [0.5, 0.6) is 0 Å². The van der Waals surface area contributed by atoms with Gasteiger partial charge in [-0.1, -0.05) is 0 Å². The van der Waals surface area contributed by atoms with Crippen molar-refractivity contribution in [1.82, 2.24) is 0 Å². The zero-order chi connectivity index (χ0) is 27.9. The normalized spacial score (nSPS) is 9.95. The first-order chi connectivity index (χ1) is 18.2. The number of rotatable bonds is 12. The number of anilines is 2. The Morgan fingerprint density at radius 2 is 1.08 bits per heavy atom. The molecule has 0 saturated carbocycles. The molecule has 2 rings (SSSR count). The number of ether oxygens (including phenoxy) is 5. The van der Waals surface area contributed by atoms with E-state index in [0.717, 1.165) is 0 Å². The van der Waals surface area contributed by atoms with Gasteiger partial charge < -0.3 is 34.1 Å². The zero-order valence-corrected chi connectivity index (χ0v) is 20.1. The molecule has 0 radical (unpaired) electrons. The predicted octanol–water partition coefficient (Wildman–Crippen LogP) is 0.896. The number of aliphatic hydroxyl groups is 1. The average molecular weight is 532 g/mol. The van der Waals surface area contributed by atoms with E-state index >= 15 is 0 Å². The minimum absolute atomic E-state index is 0.108. The maximum absolute atomic E-state index is 12.0. The Bertz CT molecular complexity index is 1050. The number of nitrogens with one attached hydrogen (secondary N) is 2. The summed E-state index contributed by atoms with van der Waals surface area (Å²) in [7, 11) is 1.21. The number of hydrogen-bond acceptors (Lipinski definition) is 12. The first-order valence-electron chi connectivity index (χ1n) is 10.8. The molecule has 0 fully saturated rings. The number of esters is 4. The van der Waals surface area contributed by atoms with Crippen LogP contribution in [0.1, 0.15) is 20.7 Å². The van der Waals surface area contributed by atoms with E-state index in [1.165, 1.54) is 55.6 Å². The third-order valence-corrected chi connectivity index (χ3v) is 4.35. The summed E-state index contributed by atoms with van der Waals surface area (Å²) in [6.45, 7) is -2.72. The van der Waals surface area contributed by atoms with Gasteiger partial charge in [-0.25, -0.2) is 24.0 Å². The van der Waals surface area contributed by atoms with Gasteiger partial charge in [0, 0.05) is 11.4 Å². The van der Waals surface area contributed by atoms with Gasteiger partial charge in [-0.2, -0.15) is 0 Å².